The van der Waals surface area contributed by atoms with Gasteiger partial charge in [0, 0.05) is 24.1 Å². The van der Waals surface area contributed by atoms with Crippen LogP contribution in [0.5, 0.6) is 11.5 Å². The molecule has 1 fully saturated rings. The van der Waals surface area contributed by atoms with Crippen molar-refractivity contribution < 1.29 is 28.9 Å². The average Bonchev–Trinajstić information content (AvgIpc) is 2.98. The van der Waals surface area contributed by atoms with Crippen molar-refractivity contribution in [3.05, 3.63) is 33.9 Å². The Morgan fingerprint density at radius 1 is 1.19 bits per heavy atom. The van der Waals surface area contributed by atoms with Crippen LogP contribution in [0.3, 0.4) is 0 Å². The summed E-state index contributed by atoms with van der Waals surface area (Å²) in [4.78, 5) is 26.5. The molecule has 7 nitrogen and oxygen atoms in total. The minimum atomic E-state index is -0.506. The van der Waals surface area contributed by atoms with E-state index in [1.165, 1.54) is 25.7 Å². The second-order valence-corrected chi connectivity index (χ2v) is 8.65. The Balaban J connectivity index is 1.51. The molecule has 0 unspecified atom stereocenters. The molecule has 2 heterocycles. The van der Waals surface area contributed by atoms with E-state index in [-0.39, 0.29) is 23.9 Å². The number of aromatic hydroxyl groups is 1. The number of rotatable bonds is 9. The van der Waals surface area contributed by atoms with Crippen molar-refractivity contribution >= 4 is 11.9 Å². The van der Waals surface area contributed by atoms with Gasteiger partial charge < -0.3 is 19.3 Å². The summed E-state index contributed by atoms with van der Waals surface area (Å²) in [5.41, 5.74) is 3.29. The zero-order valence-corrected chi connectivity index (χ0v) is 19.5. The molecule has 2 aliphatic heterocycles. The van der Waals surface area contributed by atoms with Crippen LogP contribution in [0, 0.1) is 6.92 Å². The fourth-order valence-corrected chi connectivity index (χ4v) is 4.43. The standard InChI is InChI=1S/C25H35NO6/c1-17(9-11-21(27)31-15-14-26-12-6-4-5-7-13-26)8-10-19-23(28)22-20(16-32-25(22)29)18(2)24(19)30-3/h8,28H,4-7,9-16H2,1-3H3. The molecule has 1 aromatic rings. The predicted molar refractivity (Wildman–Crippen MR) is 121 cm³/mol. The van der Waals surface area contributed by atoms with E-state index in [4.69, 9.17) is 14.2 Å². The molecule has 1 N–H and O–H groups in total. The van der Waals surface area contributed by atoms with Gasteiger partial charge in [0.1, 0.15) is 30.3 Å². The number of allylic oxidation sites excluding steroid dienone is 2. The molecule has 0 atom stereocenters. The number of phenolic OH excluding ortho intramolecular Hbond substituents is 1. The number of hydrogen-bond acceptors (Lipinski definition) is 7. The van der Waals surface area contributed by atoms with E-state index < -0.39 is 5.97 Å². The van der Waals surface area contributed by atoms with E-state index in [1.807, 2.05) is 19.9 Å². The van der Waals surface area contributed by atoms with Crippen LogP contribution in [0.25, 0.3) is 0 Å². The molecule has 3 rings (SSSR count). The summed E-state index contributed by atoms with van der Waals surface area (Å²) in [5, 5.41) is 10.7. The minimum Gasteiger partial charge on any atom is -0.507 e. The lowest BCUT2D eigenvalue weighted by Crippen LogP contribution is -2.29. The van der Waals surface area contributed by atoms with Gasteiger partial charge in [0.05, 0.1) is 7.11 Å². The number of hydrogen-bond donors (Lipinski definition) is 1. The van der Waals surface area contributed by atoms with Crippen molar-refractivity contribution in [2.45, 2.75) is 65.4 Å². The van der Waals surface area contributed by atoms with Crippen molar-refractivity contribution in [3.63, 3.8) is 0 Å². The number of fused-ring (bicyclic) bond motifs is 1. The number of benzene rings is 1. The Kier molecular flexibility index (Phi) is 8.56. The van der Waals surface area contributed by atoms with Gasteiger partial charge in [0.15, 0.2) is 0 Å². The summed E-state index contributed by atoms with van der Waals surface area (Å²) in [6, 6.07) is 0. The molecule has 0 aromatic heterocycles. The highest BCUT2D eigenvalue weighted by Gasteiger charge is 2.31. The van der Waals surface area contributed by atoms with Crippen molar-refractivity contribution in [1.82, 2.24) is 4.90 Å². The van der Waals surface area contributed by atoms with Crippen LogP contribution in [0.1, 0.15) is 72.5 Å². The zero-order valence-electron chi connectivity index (χ0n) is 19.5. The molecule has 0 aliphatic carbocycles. The Morgan fingerprint density at radius 2 is 1.91 bits per heavy atom. The smallest absolute Gasteiger partial charge is 0.342 e. The van der Waals surface area contributed by atoms with Gasteiger partial charge in [0.2, 0.25) is 0 Å². The van der Waals surface area contributed by atoms with Crippen molar-refractivity contribution in [2.75, 3.05) is 33.4 Å². The average molecular weight is 446 g/mol. The third kappa shape index (κ3) is 5.82. The summed E-state index contributed by atoms with van der Waals surface area (Å²) in [6.45, 7) is 7.39. The van der Waals surface area contributed by atoms with Crippen LogP contribution < -0.4 is 4.74 Å². The van der Waals surface area contributed by atoms with Gasteiger partial charge in [0.25, 0.3) is 0 Å². The molecular formula is C25H35NO6. The second kappa shape index (κ2) is 11.4. The number of phenols is 1. The number of ether oxygens (including phenoxy) is 3. The van der Waals surface area contributed by atoms with Crippen molar-refractivity contribution in [3.8, 4) is 11.5 Å². The molecule has 2 aliphatic rings. The lowest BCUT2D eigenvalue weighted by molar-refractivity contribution is -0.144. The van der Waals surface area contributed by atoms with E-state index in [0.717, 1.165) is 30.8 Å². The molecule has 32 heavy (non-hydrogen) atoms. The highest BCUT2D eigenvalue weighted by atomic mass is 16.5. The fraction of sp³-hybridized carbons (Fsp3) is 0.600. The molecule has 0 saturated carbocycles. The Hall–Kier alpha value is -2.54. The third-order valence-corrected chi connectivity index (χ3v) is 6.39. The lowest BCUT2D eigenvalue weighted by Gasteiger charge is -2.19. The number of esters is 2. The van der Waals surface area contributed by atoms with Crippen LogP contribution >= 0.6 is 0 Å². The van der Waals surface area contributed by atoms with Crippen LogP contribution in [0.4, 0.5) is 0 Å². The van der Waals surface area contributed by atoms with Crippen LogP contribution in [0.15, 0.2) is 11.6 Å². The van der Waals surface area contributed by atoms with Gasteiger partial charge in [-0.25, -0.2) is 4.79 Å². The van der Waals surface area contributed by atoms with Gasteiger partial charge in [-0.2, -0.15) is 0 Å². The number of carbonyl (C=O) groups excluding carboxylic acids is 2. The van der Waals surface area contributed by atoms with E-state index in [9.17, 15) is 14.7 Å². The summed E-state index contributed by atoms with van der Waals surface area (Å²) in [5.74, 6) is -0.212. The van der Waals surface area contributed by atoms with Gasteiger partial charge in [-0.3, -0.25) is 9.69 Å². The molecule has 176 valence electrons. The highest BCUT2D eigenvalue weighted by molar-refractivity contribution is 5.98. The van der Waals surface area contributed by atoms with Crippen molar-refractivity contribution in [1.29, 1.82) is 0 Å². The summed E-state index contributed by atoms with van der Waals surface area (Å²) in [7, 11) is 1.55. The molecule has 1 saturated heterocycles. The van der Waals surface area contributed by atoms with Crippen LogP contribution in [-0.2, 0) is 27.3 Å². The van der Waals surface area contributed by atoms with Crippen molar-refractivity contribution in [2.24, 2.45) is 0 Å². The summed E-state index contributed by atoms with van der Waals surface area (Å²) >= 11 is 0. The molecule has 7 heteroatoms. The third-order valence-electron chi connectivity index (χ3n) is 6.39. The number of cyclic esters (lactones) is 1. The van der Waals surface area contributed by atoms with Gasteiger partial charge in [-0.15, -0.1) is 0 Å². The normalized spacial score (nSPS) is 17.0. The van der Waals surface area contributed by atoms with Crippen LogP contribution in [-0.4, -0.2) is 55.3 Å². The molecule has 0 radical (unpaired) electrons. The molecule has 0 bridgehead atoms. The largest absolute Gasteiger partial charge is 0.507 e. The van der Waals surface area contributed by atoms with E-state index in [2.05, 4.69) is 4.90 Å². The van der Waals surface area contributed by atoms with E-state index in [1.54, 1.807) is 7.11 Å². The Bertz CT molecular complexity index is 868. The molecule has 0 spiro atoms. The van der Waals surface area contributed by atoms with Crippen LogP contribution in [0.2, 0.25) is 0 Å². The first-order valence-electron chi connectivity index (χ1n) is 11.5. The molecule has 0 amide bonds. The Labute approximate surface area is 190 Å². The number of carbonyl (C=O) groups is 2. The number of nitrogens with zero attached hydrogens (tertiary/aromatic N) is 1. The predicted octanol–water partition coefficient (Wildman–Crippen LogP) is 4.07. The second-order valence-electron chi connectivity index (χ2n) is 8.65. The first kappa shape index (κ1) is 24.1. The summed E-state index contributed by atoms with van der Waals surface area (Å²) in [6.07, 6.45) is 8.28. The molecular weight excluding hydrogens is 410 g/mol. The summed E-state index contributed by atoms with van der Waals surface area (Å²) < 4.78 is 16.0. The maximum absolute atomic E-state index is 12.1. The Morgan fingerprint density at radius 3 is 2.59 bits per heavy atom. The van der Waals surface area contributed by atoms with E-state index in [0.29, 0.717) is 42.7 Å². The fourth-order valence-electron chi connectivity index (χ4n) is 4.43. The molecule has 1 aromatic carbocycles. The first-order valence-corrected chi connectivity index (χ1v) is 11.5. The maximum Gasteiger partial charge on any atom is 0.342 e. The number of likely N-dealkylation sites (tertiary alicyclic amines) is 1. The van der Waals surface area contributed by atoms with Gasteiger partial charge >= 0.3 is 11.9 Å². The highest BCUT2D eigenvalue weighted by Crippen LogP contribution is 2.42. The monoisotopic (exact) mass is 445 g/mol. The number of methoxy groups -OCH3 is 1. The minimum absolute atomic E-state index is 0.0816. The topological polar surface area (TPSA) is 85.3 Å². The zero-order chi connectivity index (χ0) is 23.1. The lowest BCUT2D eigenvalue weighted by atomic mass is 9.94. The van der Waals surface area contributed by atoms with Gasteiger partial charge in [-0.05, 0) is 58.2 Å². The maximum atomic E-state index is 12.1. The SMILES string of the molecule is COc1c(C)c2c(c(O)c1CC=C(C)CCC(=O)OCCN1CCCCCC1)C(=O)OC2. The quantitative estimate of drug-likeness (QED) is 0.453. The van der Waals surface area contributed by atoms with Gasteiger partial charge in [-0.1, -0.05) is 24.5 Å². The first-order chi connectivity index (χ1) is 15.4. The van der Waals surface area contributed by atoms with E-state index >= 15 is 0 Å².